The van der Waals surface area contributed by atoms with Gasteiger partial charge in [0, 0.05) is 56.9 Å². The van der Waals surface area contributed by atoms with Crippen LogP contribution in [0.3, 0.4) is 0 Å². The number of carbonyl (C=O) groups excluding carboxylic acids is 2. The number of ether oxygens (including phenoxy) is 2. The molecule has 3 aromatic heterocycles. The number of benzene rings is 1. The third kappa shape index (κ3) is 6.66. The Bertz CT molecular complexity index is 1590. The fourth-order valence-corrected chi connectivity index (χ4v) is 5.12. The number of hydrogen-bond donors (Lipinski definition) is 3. The van der Waals surface area contributed by atoms with Crippen molar-refractivity contribution in [2.75, 3.05) is 26.1 Å². The number of anilines is 2. The van der Waals surface area contributed by atoms with Crippen molar-refractivity contribution in [3.05, 3.63) is 47.0 Å². The minimum absolute atomic E-state index is 0.0710. The van der Waals surface area contributed by atoms with Gasteiger partial charge in [-0.3, -0.25) is 9.59 Å². The van der Waals surface area contributed by atoms with Gasteiger partial charge in [0.2, 0.25) is 0 Å². The Morgan fingerprint density at radius 3 is 2.49 bits per heavy atom. The second kappa shape index (κ2) is 12.0. The van der Waals surface area contributed by atoms with Crippen molar-refractivity contribution in [3.63, 3.8) is 0 Å². The fraction of sp³-hybridized carbons (Fsp3) is 0.370. The number of nitrogens with two attached hydrogens (primary N) is 1. The number of rotatable bonds is 11. The van der Waals surface area contributed by atoms with E-state index in [1.165, 1.54) is 20.4 Å². The van der Waals surface area contributed by atoms with E-state index < -0.39 is 19.9 Å². The van der Waals surface area contributed by atoms with Gasteiger partial charge >= 0.3 is 0 Å². The lowest BCUT2D eigenvalue weighted by molar-refractivity contribution is 0.0803. The highest BCUT2D eigenvalue weighted by Crippen LogP contribution is 2.40. The Morgan fingerprint density at radius 1 is 1.10 bits per heavy atom. The lowest BCUT2D eigenvalue weighted by Gasteiger charge is -2.18. The topological polar surface area (TPSA) is 172 Å². The summed E-state index contributed by atoms with van der Waals surface area (Å²) in [5, 5.41) is 14.4. The second-order valence-electron chi connectivity index (χ2n) is 10.8. The number of fused-ring (bicyclic) bond motifs is 1. The molecule has 0 aliphatic heterocycles. The van der Waals surface area contributed by atoms with Crippen LogP contribution in [0.15, 0.2) is 24.4 Å². The Hall–Kier alpha value is -4.43. The minimum atomic E-state index is -1.32. The molecular weight excluding hydrogens is 542 g/mol. The number of methoxy groups -OCH3 is 1. The summed E-state index contributed by atoms with van der Waals surface area (Å²) < 4.78 is 13.1. The molecule has 0 radical (unpaired) electrons. The van der Waals surface area contributed by atoms with Gasteiger partial charge in [-0.05, 0) is 26.0 Å². The van der Waals surface area contributed by atoms with E-state index in [0.29, 0.717) is 46.2 Å². The van der Waals surface area contributed by atoms with Gasteiger partial charge in [0.25, 0.3) is 11.8 Å². The fourth-order valence-electron chi connectivity index (χ4n) is 4.36. The summed E-state index contributed by atoms with van der Waals surface area (Å²) in [5.41, 5.74) is 8.56. The lowest BCUT2D eigenvalue weighted by Crippen LogP contribution is -2.22. The first-order valence-electron chi connectivity index (χ1n) is 13.1. The molecule has 3 heterocycles. The van der Waals surface area contributed by atoms with Crippen LogP contribution in [0.5, 0.6) is 5.75 Å². The van der Waals surface area contributed by atoms with Gasteiger partial charge in [-0.2, -0.15) is 0 Å². The van der Waals surface area contributed by atoms with E-state index in [2.05, 4.69) is 55.5 Å². The first-order chi connectivity index (χ1) is 19.4. The van der Waals surface area contributed by atoms with E-state index in [4.69, 9.17) is 15.2 Å². The van der Waals surface area contributed by atoms with Gasteiger partial charge in [0.1, 0.15) is 41.0 Å². The van der Waals surface area contributed by atoms with Crippen LogP contribution in [0.4, 0.5) is 11.6 Å². The Morgan fingerprint density at radius 2 is 1.85 bits per heavy atom. The summed E-state index contributed by atoms with van der Waals surface area (Å²) in [6, 6.07) is 5.99. The molecular formula is C27H35N9O4Si. The monoisotopic (exact) mass is 577 g/mol. The van der Waals surface area contributed by atoms with E-state index in [1.54, 1.807) is 29.8 Å². The number of amides is 2. The van der Waals surface area contributed by atoms with Crippen LogP contribution in [0.2, 0.25) is 25.7 Å². The highest BCUT2D eigenvalue weighted by molar-refractivity contribution is 6.76. The second-order valence-corrected chi connectivity index (χ2v) is 16.4. The van der Waals surface area contributed by atoms with E-state index in [0.717, 1.165) is 11.7 Å². The standard InChI is InChI=1S/C27H35N9O4Si/c1-15-10-22(32-16(2)31-15)33-21-11-17(18(13-30-21)27(38)29-3)23-24(26(28)37)20(39-4)12-19-25(23)36(35-34-19)14-40-8-9-41(5,6)7/h10-13H,8-9,14H2,1-7H3,(H2,28,37)(H,29,38)(H,30,31,32,33). The van der Waals surface area contributed by atoms with Crippen molar-refractivity contribution in [3.8, 4) is 16.9 Å². The summed E-state index contributed by atoms with van der Waals surface area (Å²) in [7, 11) is 1.63. The Labute approximate surface area is 238 Å². The first-order valence-corrected chi connectivity index (χ1v) is 16.8. The minimum Gasteiger partial charge on any atom is -0.496 e. The summed E-state index contributed by atoms with van der Waals surface area (Å²) in [4.78, 5) is 39.2. The van der Waals surface area contributed by atoms with Gasteiger partial charge in [0.05, 0.1) is 18.2 Å². The van der Waals surface area contributed by atoms with Crippen molar-refractivity contribution in [2.45, 2.75) is 46.3 Å². The number of hydrogen-bond acceptors (Lipinski definition) is 10. The van der Waals surface area contributed by atoms with Crippen LogP contribution in [0.1, 0.15) is 32.2 Å². The average Bonchev–Trinajstić information content (AvgIpc) is 3.30. The molecule has 0 unspecified atom stereocenters. The summed E-state index contributed by atoms with van der Waals surface area (Å²) >= 11 is 0. The maximum atomic E-state index is 13.1. The number of nitrogens with zero attached hydrogens (tertiary/aromatic N) is 6. The maximum Gasteiger partial charge on any atom is 0.253 e. The predicted molar refractivity (Wildman–Crippen MR) is 158 cm³/mol. The molecule has 4 rings (SSSR count). The molecule has 2 amide bonds. The molecule has 4 aromatic rings. The molecule has 14 heteroatoms. The average molecular weight is 578 g/mol. The molecule has 4 N–H and O–H groups in total. The Balaban J connectivity index is 1.94. The predicted octanol–water partition coefficient (Wildman–Crippen LogP) is 3.42. The van der Waals surface area contributed by atoms with Crippen molar-refractivity contribution in [1.29, 1.82) is 0 Å². The van der Waals surface area contributed by atoms with E-state index in [1.807, 2.05) is 6.92 Å². The number of aryl methyl sites for hydroxylation is 2. The molecule has 0 saturated heterocycles. The Kier molecular flexibility index (Phi) is 8.63. The van der Waals surface area contributed by atoms with Crippen LogP contribution >= 0.6 is 0 Å². The maximum absolute atomic E-state index is 13.1. The van der Waals surface area contributed by atoms with Crippen molar-refractivity contribution >= 4 is 42.6 Å². The number of primary amides is 1. The van der Waals surface area contributed by atoms with E-state index in [9.17, 15) is 9.59 Å². The van der Waals surface area contributed by atoms with Crippen molar-refractivity contribution in [1.82, 2.24) is 35.3 Å². The number of nitrogens with one attached hydrogen (secondary N) is 2. The van der Waals surface area contributed by atoms with E-state index >= 15 is 0 Å². The zero-order valence-electron chi connectivity index (χ0n) is 24.3. The lowest BCUT2D eigenvalue weighted by atomic mass is 9.93. The van der Waals surface area contributed by atoms with Crippen LogP contribution in [-0.4, -0.2) is 70.6 Å². The molecule has 1 aromatic carbocycles. The molecule has 0 saturated carbocycles. The van der Waals surface area contributed by atoms with Gasteiger partial charge in [-0.15, -0.1) is 5.10 Å². The molecule has 0 fully saturated rings. The number of pyridine rings is 1. The zero-order chi connectivity index (χ0) is 29.9. The van der Waals surface area contributed by atoms with Crippen molar-refractivity contribution < 1.29 is 19.1 Å². The van der Waals surface area contributed by atoms with Gasteiger partial charge < -0.3 is 25.8 Å². The first kappa shape index (κ1) is 29.5. The molecule has 41 heavy (non-hydrogen) atoms. The third-order valence-electron chi connectivity index (χ3n) is 6.31. The molecule has 0 atom stereocenters. The van der Waals surface area contributed by atoms with Crippen molar-refractivity contribution in [2.24, 2.45) is 5.73 Å². The SMILES string of the molecule is CNC(=O)c1cnc(Nc2cc(C)nc(C)n2)cc1-c1c(C(N)=O)c(OC)cc2nnn(COCC[Si](C)(C)C)c12. The van der Waals surface area contributed by atoms with E-state index in [-0.39, 0.29) is 23.6 Å². The van der Waals surface area contributed by atoms with Crippen LogP contribution < -0.4 is 21.1 Å². The summed E-state index contributed by atoms with van der Waals surface area (Å²) in [5.74, 6) is 0.524. The largest absolute Gasteiger partial charge is 0.496 e. The van der Waals surface area contributed by atoms with Crippen LogP contribution in [0, 0.1) is 13.8 Å². The van der Waals surface area contributed by atoms with Gasteiger partial charge in [-0.25, -0.2) is 19.6 Å². The number of carbonyl (C=O) groups is 2. The third-order valence-corrected chi connectivity index (χ3v) is 8.01. The summed E-state index contributed by atoms with van der Waals surface area (Å²) in [6.07, 6.45) is 1.42. The van der Waals surface area contributed by atoms with Crippen LogP contribution in [-0.2, 0) is 11.5 Å². The molecule has 13 nitrogen and oxygen atoms in total. The molecule has 0 aliphatic carbocycles. The zero-order valence-corrected chi connectivity index (χ0v) is 25.3. The quantitative estimate of drug-likeness (QED) is 0.177. The molecule has 216 valence electrons. The molecule has 0 spiro atoms. The highest BCUT2D eigenvalue weighted by Gasteiger charge is 2.27. The highest BCUT2D eigenvalue weighted by atomic mass is 28.3. The molecule has 0 bridgehead atoms. The van der Waals surface area contributed by atoms with Gasteiger partial charge in [0.15, 0.2) is 0 Å². The van der Waals surface area contributed by atoms with Crippen LogP contribution in [0.25, 0.3) is 22.2 Å². The summed E-state index contributed by atoms with van der Waals surface area (Å²) in [6.45, 7) is 11.1. The molecule has 0 aliphatic rings. The normalized spacial score (nSPS) is 11.5. The smallest absolute Gasteiger partial charge is 0.253 e. The van der Waals surface area contributed by atoms with Gasteiger partial charge in [-0.1, -0.05) is 24.9 Å². The number of aromatic nitrogens is 6.